The molecule has 33 heavy (non-hydrogen) atoms. The topological polar surface area (TPSA) is 47.6 Å². The van der Waals surface area contributed by atoms with Crippen LogP contribution >= 0.6 is 0 Å². The number of nitrogens with zero attached hydrogens (tertiary/aromatic N) is 2. The predicted octanol–water partition coefficient (Wildman–Crippen LogP) is 6.15. The number of furan rings is 1. The summed E-state index contributed by atoms with van der Waals surface area (Å²) in [6.07, 6.45) is 5.80. The Morgan fingerprint density at radius 2 is 1.76 bits per heavy atom. The molecule has 0 saturated heterocycles. The maximum atomic E-state index is 13.5. The molecule has 1 amide bonds. The second-order valence-corrected chi connectivity index (χ2v) is 8.08. The van der Waals surface area contributed by atoms with Crippen LogP contribution in [-0.2, 0) is 19.6 Å². The van der Waals surface area contributed by atoms with Gasteiger partial charge in [0.2, 0.25) is 0 Å². The molecular formula is C28H30N2O3. The largest absolute Gasteiger partial charge is 0.494 e. The third kappa shape index (κ3) is 6.16. The average molecular weight is 443 g/mol. The molecule has 170 valence electrons. The minimum atomic E-state index is -0.0426. The molecule has 5 heteroatoms. The van der Waals surface area contributed by atoms with Gasteiger partial charge in [0.1, 0.15) is 11.5 Å². The van der Waals surface area contributed by atoms with E-state index in [1.807, 2.05) is 65.6 Å². The summed E-state index contributed by atoms with van der Waals surface area (Å²) in [5.41, 5.74) is 2.92. The Morgan fingerprint density at radius 3 is 2.48 bits per heavy atom. The summed E-state index contributed by atoms with van der Waals surface area (Å²) in [6.45, 7) is 4.46. The fourth-order valence-corrected chi connectivity index (χ4v) is 3.72. The lowest BCUT2D eigenvalue weighted by Crippen LogP contribution is -2.31. The highest BCUT2D eigenvalue weighted by atomic mass is 16.5. The molecular weight excluding hydrogens is 412 g/mol. The second kappa shape index (κ2) is 11.2. The molecule has 5 nitrogen and oxygen atoms in total. The zero-order valence-corrected chi connectivity index (χ0v) is 19.0. The second-order valence-electron chi connectivity index (χ2n) is 8.08. The first kappa shape index (κ1) is 22.5. The van der Waals surface area contributed by atoms with Gasteiger partial charge in [-0.2, -0.15) is 0 Å². The van der Waals surface area contributed by atoms with E-state index in [1.165, 1.54) is 5.56 Å². The summed E-state index contributed by atoms with van der Waals surface area (Å²) in [5.74, 6) is 1.50. The summed E-state index contributed by atoms with van der Waals surface area (Å²) in [4.78, 5) is 15.3. The van der Waals surface area contributed by atoms with E-state index in [2.05, 4.69) is 35.9 Å². The number of hydrogen-bond acceptors (Lipinski definition) is 3. The zero-order valence-electron chi connectivity index (χ0n) is 19.0. The first-order chi connectivity index (χ1) is 16.2. The molecule has 0 unspecified atom stereocenters. The highest BCUT2D eigenvalue weighted by Crippen LogP contribution is 2.19. The summed E-state index contributed by atoms with van der Waals surface area (Å²) in [5, 5.41) is 0. The molecule has 0 bridgehead atoms. The van der Waals surface area contributed by atoms with Gasteiger partial charge < -0.3 is 18.6 Å². The minimum absolute atomic E-state index is 0.0426. The van der Waals surface area contributed by atoms with Gasteiger partial charge in [-0.25, -0.2) is 0 Å². The fraction of sp³-hybridized carbons (Fsp3) is 0.250. The van der Waals surface area contributed by atoms with Crippen LogP contribution in [0.25, 0.3) is 0 Å². The summed E-state index contributed by atoms with van der Waals surface area (Å²) in [6, 6.07) is 25.6. The molecule has 0 aliphatic heterocycles. The molecule has 0 aliphatic rings. The van der Waals surface area contributed by atoms with Gasteiger partial charge in [0.15, 0.2) is 0 Å². The van der Waals surface area contributed by atoms with Crippen molar-refractivity contribution in [3.05, 3.63) is 114 Å². The molecule has 0 saturated carbocycles. The zero-order chi connectivity index (χ0) is 22.9. The van der Waals surface area contributed by atoms with Gasteiger partial charge in [-0.15, -0.1) is 0 Å². The Bertz CT molecular complexity index is 1120. The first-order valence-electron chi connectivity index (χ1n) is 11.5. The van der Waals surface area contributed by atoms with Crippen molar-refractivity contribution in [2.24, 2.45) is 0 Å². The number of hydrogen-bond donors (Lipinski definition) is 0. The summed E-state index contributed by atoms with van der Waals surface area (Å²) >= 11 is 0. The van der Waals surface area contributed by atoms with Crippen molar-refractivity contribution in [2.45, 2.75) is 39.4 Å². The van der Waals surface area contributed by atoms with E-state index in [1.54, 1.807) is 6.26 Å². The van der Waals surface area contributed by atoms with Gasteiger partial charge >= 0.3 is 0 Å². The predicted molar refractivity (Wildman–Crippen MR) is 129 cm³/mol. The number of amides is 1. The van der Waals surface area contributed by atoms with Crippen molar-refractivity contribution in [3.8, 4) is 5.75 Å². The van der Waals surface area contributed by atoms with Crippen LogP contribution in [0.3, 0.4) is 0 Å². The third-order valence-electron chi connectivity index (χ3n) is 5.55. The highest BCUT2D eigenvalue weighted by molar-refractivity contribution is 5.94. The quantitative estimate of drug-likeness (QED) is 0.262. The lowest BCUT2D eigenvalue weighted by Gasteiger charge is -2.23. The number of carbonyl (C=O) groups is 1. The van der Waals surface area contributed by atoms with Crippen molar-refractivity contribution in [2.75, 3.05) is 6.61 Å². The van der Waals surface area contributed by atoms with Crippen LogP contribution in [0.5, 0.6) is 5.75 Å². The molecule has 0 radical (unpaired) electrons. The van der Waals surface area contributed by atoms with E-state index in [4.69, 9.17) is 9.15 Å². The van der Waals surface area contributed by atoms with Gasteiger partial charge in [-0.3, -0.25) is 4.79 Å². The average Bonchev–Trinajstić information content (AvgIpc) is 3.52. The van der Waals surface area contributed by atoms with Crippen LogP contribution < -0.4 is 4.74 Å². The minimum Gasteiger partial charge on any atom is -0.494 e. The third-order valence-corrected chi connectivity index (χ3v) is 5.55. The molecule has 0 spiro atoms. The monoisotopic (exact) mass is 442 g/mol. The molecule has 4 rings (SSSR count). The van der Waals surface area contributed by atoms with Crippen molar-refractivity contribution in [3.63, 3.8) is 0 Å². The van der Waals surface area contributed by atoms with Crippen molar-refractivity contribution in [1.82, 2.24) is 9.47 Å². The number of unbranched alkanes of at least 4 members (excludes halogenated alkanes) is 1. The van der Waals surface area contributed by atoms with E-state index in [0.29, 0.717) is 25.3 Å². The Kier molecular flexibility index (Phi) is 7.64. The lowest BCUT2D eigenvalue weighted by molar-refractivity contribution is 0.0713. The van der Waals surface area contributed by atoms with Crippen LogP contribution in [0.4, 0.5) is 0 Å². The van der Waals surface area contributed by atoms with Crippen LogP contribution in [0.15, 0.2) is 95.7 Å². The van der Waals surface area contributed by atoms with Crippen molar-refractivity contribution in [1.29, 1.82) is 0 Å². The normalized spacial score (nSPS) is 10.8. The Balaban J connectivity index is 1.51. The van der Waals surface area contributed by atoms with Crippen LogP contribution in [-0.4, -0.2) is 22.0 Å². The fourth-order valence-electron chi connectivity index (χ4n) is 3.72. The number of ether oxygens (including phenoxy) is 1. The Morgan fingerprint density at radius 1 is 0.939 bits per heavy atom. The van der Waals surface area contributed by atoms with E-state index < -0.39 is 0 Å². The van der Waals surface area contributed by atoms with E-state index in [-0.39, 0.29) is 5.91 Å². The Hall–Kier alpha value is -3.73. The van der Waals surface area contributed by atoms with Gasteiger partial charge in [0, 0.05) is 24.0 Å². The van der Waals surface area contributed by atoms with Gasteiger partial charge in [-0.05, 0) is 60.5 Å². The van der Waals surface area contributed by atoms with Gasteiger partial charge in [0.25, 0.3) is 5.91 Å². The summed E-state index contributed by atoms with van der Waals surface area (Å²) in [7, 11) is 0. The molecule has 2 heterocycles. The van der Waals surface area contributed by atoms with Crippen LogP contribution in [0.1, 0.15) is 47.1 Å². The molecule has 2 aromatic heterocycles. The highest BCUT2D eigenvalue weighted by Gasteiger charge is 2.19. The number of rotatable bonds is 11. The molecule has 0 fully saturated rings. The molecule has 4 aromatic rings. The molecule has 2 aromatic carbocycles. The number of carbonyl (C=O) groups excluding carboxylic acids is 1. The smallest absolute Gasteiger partial charge is 0.254 e. The van der Waals surface area contributed by atoms with Gasteiger partial charge in [0.05, 0.1) is 26.0 Å². The van der Waals surface area contributed by atoms with Gasteiger partial charge in [-0.1, -0.05) is 43.7 Å². The van der Waals surface area contributed by atoms with E-state index >= 15 is 0 Å². The van der Waals surface area contributed by atoms with E-state index in [0.717, 1.165) is 36.6 Å². The van der Waals surface area contributed by atoms with Crippen LogP contribution in [0, 0.1) is 0 Å². The molecule has 0 atom stereocenters. The van der Waals surface area contributed by atoms with Crippen LogP contribution in [0.2, 0.25) is 0 Å². The summed E-state index contributed by atoms with van der Waals surface area (Å²) < 4.78 is 13.5. The van der Waals surface area contributed by atoms with Crippen molar-refractivity contribution < 1.29 is 13.9 Å². The Labute approximate surface area is 195 Å². The van der Waals surface area contributed by atoms with Crippen molar-refractivity contribution >= 4 is 5.91 Å². The lowest BCUT2D eigenvalue weighted by atomic mass is 10.1. The maximum Gasteiger partial charge on any atom is 0.254 e. The standard InChI is InChI=1S/C28H30N2O3/c1-2-3-18-32-26-15-13-24(14-16-26)28(31)30(22-27-12-8-19-33-27)21-25-11-7-17-29(25)20-23-9-5-4-6-10-23/h4-17,19H,2-3,18,20-22H2,1H3. The number of benzene rings is 2. The number of aromatic nitrogens is 1. The molecule has 0 N–H and O–H groups in total. The van der Waals surface area contributed by atoms with E-state index in [9.17, 15) is 4.79 Å². The molecule has 0 aliphatic carbocycles. The maximum absolute atomic E-state index is 13.5. The first-order valence-corrected chi connectivity index (χ1v) is 11.5. The SMILES string of the molecule is CCCCOc1ccc(C(=O)N(Cc2ccco2)Cc2cccn2Cc2ccccc2)cc1.